The monoisotopic (exact) mass is 334 g/mol. The molecule has 0 saturated heterocycles. The van der Waals surface area contributed by atoms with E-state index in [1.165, 1.54) is 18.7 Å². The van der Waals surface area contributed by atoms with Gasteiger partial charge >= 0.3 is 11.9 Å². The second kappa shape index (κ2) is 8.63. The molecular formula is C15H18N4O5. The number of carbonyl (C=O) groups is 2. The maximum atomic E-state index is 11.6. The molecule has 0 bridgehead atoms. The van der Waals surface area contributed by atoms with Gasteiger partial charge in [-0.1, -0.05) is 18.2 Å². The summed E-state index contributed by atoms with van der Waals surface area (Å²) in [4.78, 5) is 26.4. The van der Waals surface area contributed by atoms with Gasteiger partial charge in [0, 0.05) is 12.6 Å². The third-order valence-corrected chi connectivity index (χ3v) is 2.82. The fourth-order valence-corrected chi connectivity index (χ4v) is 1.75. The Morgan fingerprint density at radius 3 is 2.62 bits per heavy atom. The molecule has 0 unspecified atom stereocenters. The number of para-hydroxylation sites is 1. The van der Waals surface area contributed by atoms with Gasteiger partial charge in [0.15, 0.2) is 0 Å². The number of esters is 2. The number of methoxy groups -OCH3 is 1. The normalized spacial score (nSPS) is 10.2. The number of carbonyl (C=O) groups excluding carboxylic acids is 2. The Morgan fingerprint density at radius 1 is 1.21 bits per heavy atom. The lowest BCUT2D eigenvalue weighted by Crippen LogP contribution is -2.13. The molecule has 2 aromatic rings. The van der Waals surface area contributed by atoms with Crippen molar-refractivity contribution in [1.29, 1.82) is 0 Å². The molecule has 0 fully saturated rings. The van der Waals surface area contributed by atoms with Gasteiger partial charge in [-0.2, -0.15) is 4.98 Å². The van der Waals surface area contributed by atoms with Gasteiger partial charge in [0.05, 0.1) is 13.7 Å². The van der Waals surface area contributed by atoms with Crippen molar-refractivity contribution in [2.24, 2.45) is 0 Å². The Bertz CT molecular complexity index is 686. The zero-order valence-corrected chi connectivity index (χ0v) is 13.4. The minimum Gasteiger partial charge on any atom is -0.463 e. The summed E-state index contributed by atoms with van der Waals surface area (Å²) >= 11 is 0. The minimum absolute atomic E-state index is 0.0282. The Hall–Kier alpha value is -2.94. The average molecular weight is 334 g/mol. The number of ether oxygens (including phenoxy) is 3. The molecule has 2 rings (SSSR count). The van der Waals surface area contributed by atoms with E-state index < -0.39 is 5.97 Å². The molecule has 0 aliphatic carbocycles. The molecule has 1 aromatic heterocycles. The lowest BCUT2D eigenvalue weighted by Gasteiger charge is -2.08. The fraction of sp³-hybridized carbons (Fsp3) is 0.333. The first-order valence-corrected chi connectivity index (χ1v) is 7.16. The Labute approximate surface area is 138 Å². The number of aromatic nitrogens is 3. The maximum absolute atomic E-state index is 11.6. The van der Waals surface area contributed by atoms with Gasteiger partial charge in [-0.3, -0.25) is 4.79 Å². The molecule has 0 atom stereocenters. The van der Waals surface area contributed by atoms with Gasteiger partial charge in [-0.05, 0) is 12.1 Å². The summed E-state index contributed by atoms with van der Waals surface area (Å²) in [6.45, 7) is 1.68. The summed E-state index contributed by atoms with van der Waals surface area (Å²) < 4.78 is 16.1. The summed E-state index contributed by atoms with van der Waals surface area (Å²) in [6.07, 6.45) is 0. The van der Waals surface area contributed by atoms with E-state index in [9.17, 15) is 9.59 Å². The van der Waals surface area contributed by atoms with E-state index in [0.717, 1.165) is 5.69 Å². The molecule has 0 radical (unpaired) electrons. The van der Waals surface area contributed by atoms with E-state index >= 15 is 0 Å². The van der Waals surface area contributed by atoms with Crippen molar-refractivity contribution in [3.63, 3.8) is 0 Å². The van der Waals surface area contributed by atoms with E-state index in [0.29, 0.717) is 5.95 Å². The van der Waals surface area contributed by atoms with Gasteiger partial charge in [0.1, 0.15) is 13.3 Å². The summed E-state index contributed by atoms with van der Waals surface area (Å²) in [5, 5.41) is 7.09. The Kier molecular flexibility index (Phi) is 6.26. The molecule has 0 saturated carbocycles. The summed E-state index contributed by atoms with van der Waals surface area (Å²) in [7, 11) is 1.25. The second-order valence-corrected chi connectivity index (χ2v) is 4.62. The van der Waals surface area contributed by atoms with Crippen LogP contribution in [-0.4, -0.2) is 47.0 Å². The van der Waals surface area contributed by atoms with Crippen LogP contribution in [0.3, 0.4) is 0 Å². The first-order valence-electron chi connectivity index (χ1n) is 7.16. The van der Waals surface area contributed by atoms with Crippen LogP contribution in [-0.2, 0) is 25.7 Å². The van der Waals surface area contributed by atoms with E-state index in [4.69, 9.17) is 9.47 Å². The molecular weight excluding hydrogens is 316 g/mol. The zero-order chi connectivity index (χ0) is 17.4. The second-order valence-electron chi connectivity index (χ2n) is 4.62. The van der Waals surface area contributed by atoms with Crippen LogP contribution in [0.15, 0.2) is 30.3 Å². The number of nitrogens with zero attached hydrogens (tertiary/aromatic N) is 3. The molecule has 128 valence electrons. The van der Waals surface area contributed by atoms with Crippen molar-refractivity contribution in [3.8, 4) is 0 Å². The number of hydrogen-bond acceptors (Lipinski definition) is 8. The number of hydrogen-bond donors (Lipinski definition) is 1. The third-order valence-electron chi connectivity index (χ3n) is 2.82. The van der Waals surface area contributed by atoms with Crippen LogP contribution in [0.5, 0.6) is 0 Å². The number of anilines is 2. The minimum atomic E-state index is -0.648. The molecule has 0 aliphatic rings. The summed E-state index contributed by atoms with van der Waals surface area (Å²) in [6, 6.07) is 9.30. The SMILES string of the molecule is COC(=O)c1nc(Nc2ccccc2)n(COCCOC(C)=O)n1. The van der Waals surface area contributed by atoms with Crippen molar-refractivity contribution in [3.05, 3.63) is 36.2 Å². The lowest BCUT2D eigenvalue weighted by molar-refractivity contribution is -0.142. The molecule has 1 heterocycles. The highest BCUT2D eigenvalue weighted by molar-refractivity contribution is 5.85. The van der Waals surface area contributed by atoms with E-state index in [2.05, 4.69) is 20.1 Å². The van der Waals surface area contributed by atoms with Crippen LogP contribution < -0.4 is 5.32 Å². The predicted octanol–water partition coefficient (Wildman–Crippen LogP) is 1.35. The first-order chi connectivity index (χ1) is 11.6. The molecule has 0 amide bonds. The van der Waals surface area contributed by atoms with Crippen LogP contribution in [0.25, 0.3) is 0 Å². The molecule has 9 heteroatoms. The average Bonchev–Trinajstić information content (AvgIpc) is 2.97. The van der Waals surface area contributed by atoms with Gasteiger partial charge in [-0.15, -0.1) is 5.10 Å². The van der Waals surface area contributed by atoms with Crippen LogP contribution in [0, 0.1) is 0 Å². The Morgan fingerprint density at radius 2 is 1.96 bits per heavy atom. The largest absolute Gasteiger partial charge is 0.463 e. The van der Waals surface area contributed by atoms with Crippen molar-refractivity contribution in [2.45, 2.75) is 13.7 Å². The highest BCUT2D eigenvalue weighted by atomic mass is 16.6. The summed E-state index contributed by atoms with van der Waals surface area (Å²) in [5.74, 6) is -0.780. The highest BCUT2D eigenvalue weighted by Crippen LogP contribution is 2.14. The van der Waals surface area contributed by atoms with Crippen molar-refractivity contribution in [1.82, 2.24) is 14.8 Å². The van der Waals surface area contributed by atoms with Gasteiger partial charge in [0.25, 0.3) is 5.82 Å². The van der Waals surface area contributed by atoms with Gasteiger partial charge in [0.2, 0.25) is 5.95 Å². The highest BCUT2D eigenvalue weighted by Gasteiger charge is 2.17. The van der Waals surface area contributed by atoms with E-state index in [-0.39, 0.29) is 31.7 Å². The quantitative estimate of drug-likeness (QED) is 0.570. The van der Waals surface area contributed by atoms with E-state index in [1.54, 1.807) is 0 Å². The van der Waals surface area contributed by atoms with Crippen molar-refractivity contribution in [2.75, 3.05) is 25.6 Å². The van der Waals surface area contributed by atoms with Crippen LogP contribution in [0.4, 0.5) is 11.6 Å². The molecule has 1 aromatic carbocycles. The summed E-state index contributed by atoms with van der Waals surface area (Å²) in [5.41, 5.74) is 0.780. The van der Waals surface area contributed by atoms with E-state index in [1.807, 2.05) is 30.3 Å². The predicted molar refractivity (Wildman–Crippen MR) is 83.7 cm³/mol. The van der Waals surface area contributed by atoms with Crippen molar-refractivity contribution >= 4 is 23.6 Å². The first kappa shape index (κ1) is 17.4. The number of nitrogens with one attached hydrogen (secondary N) is 1. The van der Waals surface area contributed by atoms with Gasteiger partial charge < -0.3 is 19.5 Å². The molecule has 24 heavy (non-hydrogen) atoms. The fourth-order valence-electron chi connectivity index (χ4n) is 1.75. The Balaban J connectivity index is 2.04. The van der Waals surface area contributed by atoms with Crippen molar-refractivity contribution < 1.29 is 23.8 Å². The topological polar surface area (TPSA) is 105 Å². The molecule has 1 N–H and O–H groups in total. The molecule has 0 spiro atoms. The third kappa shape index (κ3) is 5.06. The standard InChI is InChI=1S/C15H18N4O5/c1-11(20)24-9-8-23-10-19-15(16-12-6-4-3-5-7-12)17-13(18-19)14(21)22-2/h3-7H,8-10H2,1-2H3,(H,16,17,18). The molecule has 0 aliphatic heterocycles. The smallest absolute Gasteiger partial charge is 0.378 e. The van der Waals surface area contributed by atoms with Gasteiger partial charge in [-0.25, -0.2) is 9.48 Å². The lowest BCUT2D eigenvalue weighted by atomic mass is 10.3. The zero-order valence-electron chi connectivity index (χ0n) is 13.4. The maximum Gasteiger partial charge on any atom is 0.378 e. The van der Waals surface area contributed by atoms with Crippen LogP contribution in [0.1, 0.15) is 17.5 Å². The van der Waals surface area contributed by atoms with Crippen LogP contribution in [0.2, 0.25) is 0 Å². The number of benzene rings is 1. The molecule has 9 nitrogen and oxygen atoms in total. The number of rotatable bonds is 8. The van der Waals surface area contributed by atoms with Crippen LogP contribution >= 0.6 is 0 Å².